The van der Waals surface area contributed by atoms with Crippen molar-refractivity contribution in [2.75, 3.05) is 13.2 Å². The Morgan fingerprint density at radius 3 is 2.94 bits per heavy atom. The molecule has 0 aliphatic rings. The predicted octanol–water partition coefficient (Wildman–Crippen LogP) is 2.61. The summed E-state index contributed by atoms with van der Waals surface area (Å²) in [5, 5.41) is 8.96. The summed E-state index contributed by atoms with van der Waals surface area (Å²) in [5.41, 5.74) is 0.347. The lowest BCUT2D eigenvalue weighted by Gasteiger charge is -2.06. The van der Waals surface area contributed by atoms with E-state index in [1.165, 1.54) is 0 Å². The second-order valence-corrected chi connectivity index (χ2v) is 4.75. The van der Waals surface area contributed by atoms with Gasteiger partial charge in [0.25, 0.3) is 0 Å². The maximum atomic E-state index is 10.9. The summed E-state index contributed by atoms with van der Waals surface area (Å²) in [6.45, 7) is 4.21. The van der Waals surface area contributed by atoms with Gasteiger partial charge in [0.2, 0.25) is 0 Å². The predicted molar refractivity (Wildman–Crippen MR) is 69.8 cm³/mol. The third-order valence-electron chi connectivity index (χ3n) is 2.12. The minimum atomic E-state index is -0.877. The van der Waals surface area contributed by atoms with E-state index >= 15 is 0 Å². The Morgan fingerprint density at radius 1 is 1.56 bits per heavy atom. The average Bonchev–Trinajstić information content (AvgIpc) is 2.59. The number of aromatic carboxylic acids is 1. The Hall–Kier alpha value is -0.560. The van der Waals surface area contributed by atoms with Crippen LogP contribution >= 0.6 is 22.6 Å². The number of carboxylic acids is 1. The number of hydrogen-bond donors (Lipinski definition) is 1. The third-order valence-corrected chi connectivity index (χ3v) is 2.71. The number of carboxylic acid groups (broad SMARTS) is 1. The average molecular weight is 337 g/mol. The highest BCUT2D eigenvalue weighted by molar-refractivity contribution is 14.1. The quantitative estimate of drug-likeness (QED) is 0.615. The fourth-order valence-corrected chi connectivity index (χ4v) is 2.05. The molecular formula is C11H16INO3. The number of carbonyl (C=O) groups is 1. The van der Waals surface area contributed by atoms with Crippen LogP contribution in [0.25, 0.3) is 0 Å². The molecule has 0 bridgehead atoms. The minimum Gasteiger partial charge on any atom is -0.477 e. The molecule has 0 aliphatic heterocycles. The lowest BCUT2D eigenvalue weighted by atomic mass is 10.4. The summed E-state index contributed by atoms with van der Waals surface area (Å²) in [6.07, 6.45) is 3.71. The smallest absolute Gasteiger partial charge is 0.352 e. The third kappa shape index (κ3) is 4.13. The lowest BCUT2D eigenvalue weighted by molar-refractivity contribution is 0.0683. The molecule has 0 aromatic carbocycles. The molecule has 0 aliphatic carbocycles. The van der Waals surface area contributed by atoms with Crippen LogP contribution in [0.15, 0.2) is 12.3 Å². The first-order valence-electron chi connectivity index (χ1n) is 5.32. The van der Waals surface area contributed by atoms with Crippen molar-refractivity contribution >= 4 is 28.6 Å². The molecule has 5 heteroatoms. The zero-order valence-electron chi connectivity index (χ0n) is 9.28. The first-order chi connectivity index (χ1) is 7.65. The molecule has 0 amide bonds. The molecule has 0 fully saturated rings. The Kier molecular flexibility index (Phi) is 5.83. The monoisotopic (exact) mass is 337 g/mol. The number of halogens is 1. The molecule has 1 heterocycles. The van der Waals surface area contributed by atoms with E-state index in [4.69, 9.17) is 9.84 Å². The molecule has 0 unspecified atom stereocenters. The Balaban J connectivity index is 2.44. The second kappa shape index (κ2) is 6.90. The number of ether oxygens (including phenoxy) is 1. The number of aromatic nitrogens is 1. The summed E-state index contributed by atoms with van der Waals surface area (Å²) in [4.78, 5) is 10.9. The van der Waals surface area contributed by atoms with E-state index in [1.54, 1.807) is 10.6 Å². The van der Waals surface area contributed by atoms with Gasteiger partial charge in [0.15, 0.2) is 0 Å². The van der Waals surface area contributed by atoms with Crippen molar-refractivity contribution in [3.05, 3.63) is 21.5 Å². The van der Waals surface area contributed by atoms with E-state index < -0.39 is 5.97 Å². The number of nitrogens with zero attached hydrogens (tertiary/aromatic N) is 1. The minimum absolute atomic E-state index is 0.347. The van der Waals surface area contributed by atoms with Crippen LogP contribution in [0.4, 0.5) is 0 Å². The Labute approximate surface area is 109 Å². The molecule has 1 aromatic rings. The van der Waals surface area contributed by atoms with Gasteiger partial charge in [-0.25, -0.2) is 4.79 Å². The summed E-state index contributed by atoms with van der Waals surface area (Å²) < 4.78 is 8.06. The molecule has 0 saturated carbocycles. The highest BCUT2D eigenvalue weighted by Gasteiger charge is 2.10. The number of aryl methyl sites for hydroxylation is 1. The molecule has 90 valence electrons. The fraction of sp³-hybridized carbons (Fsp3) is 0.545. The summed E-state index contributed by atoms with van der Waals surface area (Å²) >= 11 is 2.12. The van der Waals surface area contributed by atoms with Crippen LogP contribution in [-0.4, -0.2) is 28.9 Å². The van der Waals surface area contributed by atoms with Crippen LogP contribution in [0.1, 0.15) is 30.3 Å². The van der Waals surface area contributed by atoms with Crippen molar-refractivity contribution in [2.24, 2.45) is 0 Å². The summed E-state index contributed by atoms with van der Waals surface area (Å²) in [5.74, 6) is -0.877. The fourth-order valence-electron chi connectivity index (χ4n) is 1.42. The van der Waals surface area contributed by atoms with E-state index in [1.807, 2.05) is 6.20 Å². The van der Waals surface area contributed by atoms with Crippen LogP contribution in [0.3, 0.4) is 0 Å². The van der Waals surface area contributed by atoms with Gasteiger partial charge in [-0.1, -0.05) is 6.92 Å². The molecule has 0 atom stereocenters. The zero-order chi connectivity index (χ0) is 12.0. The van der Waals surface area contributed by atoms with E-state index in [-0.39, 0.29) is 0 Å². The SMILES string of the molecule is CCCOCCCn1cc(I)cc1C(=O)O. The van der Waals surface area contributed by atoms with Crippen LogP contribution in [0, 0.1) is 3.57 Å². The number of hydrogen-bond acceptors (Lipinski definition) is 2. The Morgan fingerprint density at radius 2 is 2.31 bits per heavy atom. The molecule has 0 saturated heterocycles. The summed E-state index contributed by atoms with van der Waals surface area (Å²) in [7, 11) is 0. The van der Waals surface area contributed by atoms with Gasteiger partial charge in [-0.15, -0.1) is 0 Å². The van der Waals surface area contributed by atoms with E-state index in [9.17, 15) is 4.79 Å². The normalized spacial score (nSPS) is 10.6. The van der Waals surface area contributed by atoms with E-state index in [0.717, 1.165) is 23.0 Å². The standard InChI is InChI=1S/C11H16INO3/c1-2-5-16-6-3-4-13-8-9(12)7-10(13)11(14)15/h7-8H,2-6H2,1H3,(H,14,15). The van der Waals surface area contributed by atoms with Crippen LogP contribution in [-0.2, 0) is 11.3 Å². The molecular weight excluding hydrogens is 321 g/mol. The van der Waals surface area contributed by atoms with Crippen molar-refractivity contribution < 1.29 is 14.6 Å². The van der Waals surface area contributed by atoms with Gasteiger partial charge < -0.3 is 14.4 Å². The van der Waals surface area contributed by atoms with Crippen molar-refractivity contribution in [2.45, 2.75) is 26.3 Å². The molecule has 0 spiro atoms. The highest BCUT2D eigenvalue weighted by Crippen LogP contribution is 2.12. The van der Waals surface area contributed by atoms with Crippen LogP contribution in [0.2, 0.25) is 0 Å². The van der Waals surface area contributed by atoms with Gasteiger partial charge in [0.05, 0.1) is 0 Å². The highest BCUT2D eigenvalue weighted by atomic mass is 127. The molecule has 1 rings (SSSR count). The largest absolute Gasteiger partial charge is 0.477 e. The van der Waals surface area contributed by atoms with Gasteiger partial charge in [-0.2, -0.15) is 0 Å². The maximum absolute atomic E-state index is 10.9. The van der Waals surface area contributed by atoms with Gasteiger partial charge in [0, 0.05) is 29.5 Å². The molecule has 4 nitrogen and oxygen atoms in total. The van der Waals surface area contributed by atoms with Crippen LogP contribution in [0.5, 0.6) is 0 Å². The topological polar surface area (TPSA) is 51.5 Å². The number of rotatable bonds is 7. The van der Waals surface area contributed by atoms with Crippen molar-refractivity contribution in [1.82, 2.24) is 4.57 Å². The molecule has 16 heavy (non-hydrogen) atoms. The first-order valence-corrected chi connectivity index (χ1v) is 6.39. The molecule has 1 N–H and O–H groups in total. The molecule has 1 aromatic heterocycles. The summed E-state index contributed by atoms with van der Waals surface area (Å²) in [6, 6.07) is 1.68. The molecule has 0 radical (unpaired) electrons. The van der Waals surface area contributed by atoms with Crippen LogP contribution < -0.4 is 0 Å². The Bertz CT molecular complexity index is 349. The van der Waals surface area contributed by atoms with Gasteiger partial charge in [-0.05, 0) is 41.5 Å². The van der Waals surface area contributed by atoms with E-state index in [2.05, 4.69) is 29.5 Å². The maximum Gasteiger partial charge on any atom is 0.352 e. The van der Waals surface area contributed by atoms with Gasteiger partial charge in [0.1, 0.15) is 5.69 Å². The van der Waals surface area contributed by atoms with Crippen molar-refractivity contribution in [3.8, 4) is 0 Å². The second-order valence-electron chi connectivity index (χ2n) is 3.51. The van der Waals surface area contributed by atoms with Gasteiger partial charge in [-0.3, -0.25) is 0 Å². The zero-order valence-corrected chi connectivity index (χ0v) is 11.4. The van der Waals surface area contributed by atoms with Crippen molar-refractivity contribution in [3.63, 3.8) is 0 Å². The van der Waals surface area contributed by atoms with Gasteiger partial charge >= 0.3 is 5.97 Å². The lowest BCUT2D eigenvalue weighted by Crippen LogP contribution is -2.09. The van der Waals surface area contributed by atoms with E-state index in [0.29, 0.717) is 18.8 Å². The first kappa shape index (κ1) is 13.5. The van der Waals surface area contributed by atoms with Crippen molar-refractivity contribution in [1.29, 1.82) is 0 Å².